The van der Waals surface area contributed by atoms with Crippen LogP contribution in [-0.4, -0.2) is 29.5 Å². The molecule has 1 aromatic rings. The summed E-state index contributed by atoms with van der Waals surface area (Å²) >= 11 is 6.24. The number of hydrogen-bond donors (Lipinski definition) is 1. The number of nitrogens with one attached hydrogen (secondary N) is 1. The lowest BCUT2D eigenvalue weighted by Crippen LogP contribution is -2.24. The van der Waals surface area contributed by atoms with Crippen LogP contribution in [0.4, 0.5) is 0 Å². The third-order valence-electron chi connectivity index (χ3n) is 3.20. The predicted octanol–water partition coefficient (Wildman–Crippen LogP) is 1.99. The lowest BCUT2D eigenvalue weighted by atomic mass is 10.1. The monoisotopic (exact) mass is 257 g/mol. The van der Waals surface area contributed by atoms with E-state index in [-0.39, 0.29) is 0 Å². The quantitative estimate of drug-likeness (QED) is 0.877. The van der Waals surface area contributed by atoms with Gasteiger partial charge in [-0.15, -0.1) is 0 Å². The van der Waals surface area contributed by atoms with Crippen LogP contribution in [0, 0.1) is 12.8 Å². The summed E-state index contributed by atoms with van der Waals surface area (Å²) in [5.41, 5.74) is 2.00. The van der Waals surface area contributed by atoms with Gasteiger partial charge in [0.05, 0.1) is 23.0 Å². The molecule has 1 aromatic heterocycles. The summed E-state index contributed by atoms with van der Waals surface area (Å²) in [4.78, 5) is 0. The minimum atomic E-state index is 0.646. The second-order valence-corrected chi connectivity index (χ2v) is 4.90. The molecule has 0 saturated carbocycles. The highest BCUT2D eigenvalue weighted by atomic mass is 35.5. The van der Waals surface area contributed by atoms with E-state index in [1.54, 1.807) is 0 Å². The number of ether oxygens (including phenoxy) is 1. The Bertz CT molecular complexity index is 372. The van der Waals surface area contributed by atoms with E-state index in [0.717, 1.165) is 55.7 Å². The number of rotatable bonds is 5. The van der Waals surface area contributed by atoms with E-state index >= 15 is 0 Å². The molecule has 5 heteroatoms. The summed E-state index contributed by atoms with van der Waals surface area (Å²) < 4.78 is 7.32. The maximum atomic E-state index is 6.24. The van der Waals surface area contributed by atoms with Crippen LogP contribution < -0.4 is 5.32 Å². The topological polar surface area (TPSA) is 39.1 Å². The van der Waals surface area contributed by atoms with E-state index in [2.05, 4.69) is 17.3 Å². The molecule has 0 spiro atoms. The van der Waals surface area contributed by atoms with Crippen LogP contribution >= 0.6 is 11.6 Å². The SMILES string of the molecule is CCn1nc(C)c(Cl)c1CNCC1CCOC1. The molecule has 0 amide bonds. The van der Waals surface area contributed by atoms with Gasteiger partial charge in [-0.05, 0) is 26.2 Å². The summed E-state index contributed by atoms with van der Waals surface area (Å²) in [7, 11) is 0. The fourth-order valence-corrected chi connectivity index (χ4v) is 2.38. The number of hydrogen-bond acceptors (Lipinski definition) is 3. The number of halogens is 1. The molecular formula is C12H20ClN3O. The van der Waals surface area contributed by atoms with E-state index < -0.39 is 0 Å². The minimum Gasteiger partial charge on any atom is -0.381 e. The molecule has 1 fully saturated rings. The first-order chi connectivity index (χ1) is 8.22. The van der Waals surface area contributed by atoms with Crippen molar-refractivity contribution in [1.29, 1.82) is 0 Å². The van der Waals surface area contributed by atoms with Gasteiger partial charge >= 0.3 is 0 Å². The summed E-state index contributed by atoms with van der Waals surface area (Å²) in [5.74, 6) is 0.646. The van der Waals surface area contributed by atoms with Crippen LogP contribution in [0.25, 0.3) is 0 Å². The van der Waals surface area contributed by atoms with E-state index in [1.165, 1.54) is 0 Å². The molecule has 0 aliphatic carbocycles. The average Bonchev–Trinajstić information content (AvgIpc) is 2.92. The van der Waals surface area contributed by atoms with Crippen LogP contribution in [0.5, 0.6) is 0 Å². The van der Waals surface area contributed by atoms with Crippen LogP contribution in [-0.2, 0) is 17.8 Å². The molecular weight excluding hydrogens is 238 g/mol. The Morgan fingerprint density at radius 3 is 3.06 bits per heavy atom. The third kappa shape index (κ3) is 3.00. The first-order valence-electron chi connectivity index (χ1n) is 6.22. The number of aryl methyl sites for hydroxylation is 2. The summed E-state index contributed by atoms with van der Waals surface area (Å²) in [6, 6.07) is 0. The molecule has 0 bridgehead atoms. The van der Waals surface area contributed by atoms with E-state index in [1.807, 2.05) is 11.6 Å². The smallest absolute Gasteiger partial charge is 0.0860 e. The summed E-state index contributed by atoms with van der Waals surface area (Å²) in [5, 5.41) is 8.64. The molecule has 4 nitrogen and oxygen atoms in total. The zero-order chi connectivity index (χ0) is 12.3. The van der Waals surface area contributed by atoms with E-state index in [4.69, 9.17) is 16.3 Å². The average molecular weight is 258 g/mol. The first-order valence-corrected chi connectivity index (χ1v) is 6.60. The van der Waals surface area contributed by atoms with Crippen LogP contribution in [0.15, 0.2) is 0 Å². The highest BCUT2D eigenvalue weighted by Crippen LogP contribution is 2.20. The molecule has 1 N–H and O–H groups in total. The lowest BCUT2D eigenvalue weighted by molar-refractivity contribution is 0.185. The molecule has 1 unspecified atom stereocenters. The molecule has 1 aliphatic rings. The van der Waals surface area contributed by atoms with Gasteiger partial charge in [-0.25, -0.2) is 0 Å². The Labute approximate surface area is 107 Å². The van der Waals surface area contributed by atoms with Crippen LogP contribution in [0.1, 0.15) is 24.7 Å². The zero-order valence-electron chi connectivity index (χ0n) is 10.5. The van der Waals surface area contributed by atoms with Gasteiger partial charge in [0.1, 0.15) is 0 Å². The number of aromatic nitrogens is 2. The normalized spacial score (nSPS) is 20.1. The van der Waals surface area contributed by atoms with Gasteiger partial charge in [0.25, 0.3) is 0 Å². The van der Waals surface area contributed by atoms with Gasteiger partial charge in [0.15, 0.2) is 0 Å². The molecule has 17 heavy (non-hydrogen) atoms. The molecule has 1 atom stereocenters. The van der Waals surface area contributed by atoms with Crippen molar-refractivity contribution in [2.45, 2.75) is 33.4 Å². The number of nitrogens with zero attached hydrogens (tertiary/aromatic N) is 2. The second-order valence-electron chi connectivity index (χ2n) is 4.52. The Morgan fingerprint density at radius 1 is 1.59 bits per heavy atom. The highest BCUT2D eigenvalue weighted by Gasteiger charge is 2.16. The molecule has 2 rings (SSSR count). The Kier molecular flexibility index (Phi) is 4.42. The van der Waals surface area contributed by atoms with Gasteiger partial charge in [-0.1, -0.05) is 11.6 Å². The van der Waals surface area contributed by atoms with Crippen molar-refractivity contribution in [3.63, 3.8) is 0 Å². The van der Waals surface area contributed by atoms with Crippen LogP contribution in [0.2, 0.25) is 5.02 Å². The van der Waals surface area contributed by atoms with Gasteiger partial charge in [-0.3, -0.25) is 4.68 Å². The van der Waals surface area contributed by atoms with E-state index in [9.17, 15) is 0 Å². The van der Waals surface area contributed by atoms with Crippen molar-refractivity contribution >= 4 is 11.6 Å². The Morgan fingerprint density at radius 2 is 2.41 bits per heavy atom. The van der Waals surface area contributed by atoms with Crippen molar-refractivity contribution in [2.75, 3.05) is 19.8 Å². The molecule has 0 aromatic carbocycles. The van der Waals surface area contributed by atoms with Crippen molar-refractivity contribution < 1.29 is 4.74 Å². The fraction of sp³-hybridized carbons (Fsp3) is 0.750. The maximum Gasteiger partial charge on any atom is 0.0860 e. The maximum absolute atomic E-state index is 6.24. The lowest BCUT2D eigenvalue weighted by Gasteiger charge is -2.10. The molecule has 0 radical (unpaired) electrons. The van der Waals surface area contributed by atoms with Gasteiger partial charge in [-0.2, -0.15) is 5.10 Å². The minimum absolute atomic E-state index is 0.646. The van der Waals surface area contributed by atoms with Crippen molar-refractivity contribution in [2.24, 2.45) is 5.92 Å². The van der Waals surface area contributed by atoms with Gasteiger partial charge in [0.2, 0.25) is 0 Å². The van der Waals surface area contributed by atoms with Crippen molar-refractivity contribution in [3.8, 4) is 0 Å². The predicted molar refractivity (Wildman–Crippen MR) is 68.3 cm³/mol. The fourth-order valence-electron chi connectivity index (χ4n) is 2.18. The van der Waals surface area contributed by atoms with Crippen molar-refractivity contribution in [3.05, 3.63) is 16.4 Å². The van der Waals surface area contributed by atoms with Gasteiger partial charge in [0, 0.05) is 26.2 Å². The van der Waals surface area contributed by atoms with E-state index in [0.29, 0.717) is 5.92 Å². The molecule has 1 saturated heterocycles. The largest absolute Gasteiger partial charge is 0.381 e. The highest BCUT2D eigenvalue weighted by molar-refractivity contribution is 6.31. The Balaban J connectivity index is 1.89. The second kappa shape index (κ2) is 5.85. The molecule has 1 aliphatic heterocycles. The van der Waals surface area contributed by atoms with Crippen molar-refractivity contribution in [1.82, 2.24) is 15.1 Å². The molecule has 2 heterocycles. The summed E-state index contributed by atoms with van der Waals surface area (Å²) in [6.45, 7) is 8.44. The zero-order valence-corrected chi connectivity index (χ0v) is 11.3. The molecule has 96 valence electrons. The first kappa shape index (κ1) is 12.9. The van der Waals surface area contributed by atoms with Crippen LogP contribution in [0.3, 0.4) is 0 Å². The third-order valence-corrected chi connectivity index (χ3v) is 3.69. The standard InChI is InChI=1S/C12H20ClN3O/c1-3-16-11(12(13)9(2)15-16)7-14-6-10-4-5-17-8-10/h10,14H,3-8H2,1-2H3. The summed E-state index contributed by atoms with van der Waals surface area (Å²) in [6.07, 6.45) is 1.16. The Hall–Kier alpha value is -0.580. The van der Waals surface area contributed by atoms with Gasteiger partial charge < -0.3 is 10.1 Å².